The van der Waals surface area contributed by atoms with Gasteiger partial charge in [0.25, 0.3) is 0 Å². The van der Waals surface area contributed by atoms with Crippen LogP contribution in [0.2, 0.25) is 0 Å². The molecule has 2 aliphatic rings. The molecule has 0 spiro atoms. The lowest BCUT2D eigenvalue weighted by molar-refractivity contribution is -0.127. The van der Waals surface area contributed by atoms with Crippen molar-refractivity contribution in [3.05, 3.63) is 65.2 Å². The van der Waals surface area contributed by atoms with Gasteiger partial charge in [-0.05, 0) is 53.7 Å². The summed E-state index contributed by atoms with van der Waals surface area (Å²) in [7, 11) is 0. The summed E-state index contributed by atoms with van der Waals surface area (Å²) < 4.78 is 10.7. The predicted molar refractivity (Wildman–Crippen MR) is 106 cm³/mol. The molecule has 27 heavy (non-hydrogen) atoms. The van der Waals surface area contributed by atoms with Gasteiger partial charge in [-0.1, -0.05) is 44.2 Å². The number of hydrogen-bond donors (Lipinski definition) is 0. The van der Waals surface area contributed by atoms with E-state index in [1.165, 1.54) is 11.1 Å². The van der Waals surface area contributed by atoms with Crippen molar-refractivity contribution in [1.29, 1.82) is 0 Å². The zero-order valence-electron chi connectivity index (χ0n) is 15.9. The molecule has 1 heterocycles. The highest BCUT2D eigenvalue weighted by Gasteiger charge is 2.31. The van der Waals surface area contributed by atoms with Crippen LogP contribution in [0.1, 0.15) is 49.3 Å². The van der Waals surface area contributed by atoms with Crippen molar-refractivity contribution in [2.45, 2.75) is 45.2 Å². The molecule has 140 valence electrons. The fourth-order valence-corrected chi connectivity index (χ4v) is 3.26. The molecule has 2 aromatic rings. The van der Waals surface area contributed by atoms with Gasteiger partial charge in [-0.15, -0.1) is 0 Å². The molecule has 1 aliphatic heterocycles. The molecule has 2 aromatic carbocycles. The summed E-state index contributed by atoms with van der Waals surface area (Å²) in [5, 5.41) is 0. The molecule has 0 N–H and O–H groups in total. The Labute approximate surface area is 160 Å². The van der Waals surface area contributed by atoms with E-state index in [0.717, 1.165) is 29.9 Å². The van der Waals surface area contributed by atoms with Gasteiger partial charge >= 0.3 is 0 Å². The topological polar surface area (TPSA) is 38.8 Å². The third-order valence-electron chi connectivity index (χ3n) is 5.09. The fourth-order valence-electron chi connectivity index (χ4n) is 3.26. The maximum atomic E-state index is 12.8. The Balaban J connectivity index is 1.44. The highest BCUT2D eigenvalue weighted by Crippen LogP contribution is 2.33. The number of fused-ring (bicyclic) bond motifs is 1. The molecular formula is C23H25NO3. The molecule has 1 aliphatic carbocycles. The molecule has 0 saturated heterocycles. The van der Waals surface area contributed by atoms with Crippen LogP contribution in [0.15, 0.2) is 48.5 Å². The summed E-state index contributed by atoms with van der Waals surface area (Å²) in [5.41, 5.74) is 3.44. The van der Waals surface area contributed by atoms with Gasteiger partial charge in [0.05, 0.1) is 0 Å². The van der Waals surface area contributed by atoms with E-state index in [4.69, 9.17) is 9.47 Å². The SMILES string of the molecule is CC(C)c1ccc(CN(C(=O)/C=C/c2ccc3c(c2)OCO3)C2CC2)cc1. The smallest absolute Gasteiger partial charge is 0.247 e. The third-order valence-corrected chi connectivity index (χ3v) is 5.09. The van der Waals surface area contributed by atoms with Gasteiger partial charge in [0.1, 0.15) is 0 Å². The van der Waals surface area contributed by atoms with Crippen LogP contribution in [0.4, 0.5) is 0 Å². The first-order valence-corrected chi connectivity index (χ1v) is 9.57. The van der Waals surface area contributed by atoms with Gasteiger partial charge in [0, 0.05) is 18.7 Å². The molecule has 0 aromatic heterocycles. The molecule has 0 bridgehead atoms. The lowest BCUT2D eigenvalue weighted by Gasteiger charge is -2.21. The first-order valence-electron chi connectivity index (χ1n) is 9.57. The molecule has 1 amide bonds. The van der Waals surface area contributed by atoms with Gasteiger partial charge < -0.3 is 14.4 Å². The van der Waals surface area contributed by atoms with E-state index in [1.54, 1.807) is 6.08 Å². The number of rotatable bonds is 6. The minimum absolute atomic E-state index is 0.0584. The number of carbonyl (C=O) groups excluding carboxylic acids is 1. The van der Waals surface area contributed by atoms with Crippen LogP contribution in [-0.2, 0) is 11.3 Å². The summed E-state index contributed by atoms with van der Waals surface area (Å²) in [5.74, 6) is 2.06. The van der Waals surface area contributed by atoms with E-state index in [1.807, 2.05) is 29.2 Å². The van der Waals surface area contributed by atoms with Gasteiger partial charge in [0.2, 0.25) is 12.7 Å². The monoisotopic (exact) mass is 363 g/mol. The Morgan fingerprint density at radius 3 is 2.56 bits per heavy atom. The molecule has 4 heteroatoms. The van der Waals surface area contributed by atoms with Crippen molar-refractivity contribution < 1.29 is 14.3 Å². The van der Waals surface area contributed by atoms with Crippen molar-refractivity contribution in [3.8, 4) is 11.5 Å². The number of nitrogens with zero attached hydrogens (tertiary/aromatic N) is 1. The summed E-state index contributed by atoms with van der Waals surface area (Å²) >= 11 is 0. The third kappa shape index (κ3) is 4.16. The van der Waals surface area contributed by atoms with E-state index in [0.29, 0.717) is 18.5 Å². The summed E-state index contributed by atoms with van der Waals surface area (Å²) in [6.07, 6.45) is 5.70. The lowest BCUT2D eigenvalue weighted by atomic mass is 10.0. The van der Waals surface area contributed by atoms with Gasteiger partial charge in [0.15, 0.2) is 11.5 Å². The minimum atomic E-state index is 0.0584. The summed E-state index contributed by atoms with van der Waals surface area (Å²) in [6.45, 7) is 5.30. The Morgan fingerprint density at radius 1 is 1.11 bits per heavy atom. The van der Waals surface area contributed by atoms with Gasteiger partial charge in [-0.25, -0.2) is 0 Å². The molecule has 0 unspecified atom stereocenters. The molecule has 4 rings (SSSR count). The number of carbonyl (C=O) groups is 1. The Hall–Kier alpha value is -2.75. The number of hydrogen-bond acceptors (Lipinski definition) is 3. The van der Waals surface area contributed by atoms with Crippen molar-refractivity contribution >= 4 is 12.0 Å². The van der Waals surface area contributed by atoms with E-state index >= 15 is 0 Å². The zero-order chi connectivity index (χ0) is 18.8. The van der Waals surface area contributed by atoms with Gasteiger partial charge in [-0.3, -0.25) is 4.79 Å². The van der Waals surface area contributed by atoms with E-state index in [-0.39, 0.29) is 12.7 Å². The lowest BCUT2D eigenvalue weighted by Crippen LogP contribution is -2.31. The second-order valence-electron chi connectivity index (χ2n) is 7.54. The van der Waals surface area contributed by atoms with Gasteiger partial charge in [-0.2, -0.15) is 0 Å². The van der Waals surface area contributed by atoms with Crippen LogP contribution in [0.5, 0.6) is 11.5 Å². The number of ether oxygens (including phenoxy) is 2. The molecule has 0 atom stereocenters. The average Bonchev–Trinajstić information content (AvgIpc) is 3.41. The Bertz CT molecular complexity index is 850. The van der Waals surface area contributed by atoms with Crippen molar-refractivity contribution in [3.63, 3.8) is 0 Å². The van der Waals surface area contributed by atoms with Crippen LogP contribution >= 0.6 is 0 Å². The standard InChI is InChI=1S/C23H25NO3/c1-16(2)19-7-3-18(4-8-19)14-24(20-9-10-20)23(25)12-6-17-5-11-21-22(13-17)27-15-26-21/h3-8,11-13,16,20H,9-10,14-15H2,1-2H3/b12-6+. The Morgan fingerprint density at radius 2 is 1.85 bits per heavy atom. The zero-order valence-corrected chi connectivity index (χ0v) is 15.9. The second kappa shape index (κ2) is 7.47. The van der Waals surface area contributed by atoms with E-state index < -0.39 is 0 Å². The first-order chi connectivity index (χ1) is 13.1. The quantitative estimate of drug-likeness (QED) is 0.696. The second-order valence-corrected chi connectivity index (χ2v) is 7.54. The van der Waals surface area contributed by atoms with Crippen LogP contribution in [0, 0.1) is 0 Å². The van der Waals surface area contributed by atoms with Crippen molar-refractivity contribution in [2.24, 2.45) is 0 Å². The molecular weight excluding hydrogens is 338 g/mol. The van der Waals surface area contributed by atoms with Crippen LogP contribution < -0.4 is 9.47 Å². The van der Waals surface area contributed by atoms with Crippen LogP contribution in [0.25, 0.3) is 6.08 Å². The van der Waals surface area contributed by atoms with Crippen molar-refractivity contribution in [1.82, 2.24) is 4.90 Å². The minimum Gasteiger partial charge on any atom is -0.454 e. The van der Waals surface area contributed by atoms with Crippen LogP contribution in [0.3, 0.4) is 0 Å². The highest BCUT2D eigenvalue weighted by atomic mass is 16.7. The average molecular weight is 363 g/mol. The van der Waals surface area contributed by atoms with Crippen molar-refractivity contribution in [2.75, 3.05) is 6.79 Å². The molecule has 1 saturated carbocycles. The molecule has 1 fully saturated rings. The normalized spacial score (nSPS) is 15.5. The number of amides is 1. The number of benzene rings is 2. The summed E-state index contributed by atoms with van der Waals surface area (Å²) in [4.78, 5) is 14.8. The highest BCUT2D eigenvalue weighted by molar-refractivity contribution is 5.92. The predicted octanol–water partition coefficient (Wildman–Crippen LogP) is 4.74. The Kier molecular flexibility index (Phi) is 4.88. The first kappa shape index (κ1) is 17.7. The maximum Gasteiger partial charge on any atom is 0.247 e. The van der Waals surface area contributed by atoms with Crippen LogP contribution in [-0.4, -0.2) is 23.6 Å². The largest absolute Gasteiger partial charge is 0.454 e. The summed E-state index contributed by atoms with van der Waals surface area (Å²) in [6, 6.07) is 14.7. The van der Waals surface area contributed by atoms with E-state index in [9.17, 15) is 4.79 Å². The molecule has 4 nitrogen and oxygen atoms in total. The molecule has 0 radical (unpaired) electrons. The fraction of sp³-hybridized carbons (Fsp3) is 0.348. The van der Waals surface area contributed by atoms with E-state index in [2.05, 4.69) is 38.1 Å². The maximum absolute atomic E-state index is 12.8.